The van der Waals surface area contributed by atoms with E-state index in [4.69, 9.17) is 21.1 Å². The zero-order valence-corrected chi connectivity index (χ0v) is 18.0. The molecule has 160 valence electrons. The van der Waals surface area contributed by atoms with Crippen molar-refractivity contribution in [2.24, 2.45) is 5.92 Å². The minimum Gasteiger partial charge on any atom is -0.444 e. The molecular weight excluding hydrogens is 399 g/mol. The van der Waals surface area contributed by atoms with E-state index >= 15 is 0 Å². The lowest BCUT2D eigenvalue weighted by Gasteiger charge is -2.31. The Hall–Kier alpha value is -1.86. The highest BCUT2D eigenvalue weighted by molar-refractivity contribution is 6.30. The zero-order chi connectivity index (χ0) is 21.3. The molecule has 1 aliphatic carbocycles. The van der Waals surface area contributed by atoms with Gasteiger partial charge in [0.1, 0.15) is 17.5 Å². The topological polar surface area (TPSA) is 67.9 Å². The Morgan fingerprint density at radius 2 is 2.07 bits per heavy atom. The highest BCUT2D eigenvalue weighted by atomic mass is 35.5. The van der Waals surface area contributed by atoms with Crippen LogP contribution in [0.25, 0.3) is 0 Å². The van der Waals surface area contributed by atoms with E-state index in [0.717, 1.165) is 6.42 Å². The summed E-state index contributed by atoms with van der Waals surface area (Å²) in [5, 5.41) is 2.90. The molecule has 1 saturated heterocycles. The van der Waals surface area contributed by atoms with Crippen LogP contribution in [-0.2, 0) is 14.3 Å². The van der Waals surface area contributed by atoms with Crippen molar-refractivity contribution in [1.29, 1.82) is 0 Å². The fraction of sp³-hybridized carbons (Fsp3) is 0.619. The molecule has 2 aliphatic rings. The summed E-state index contributed by atoms with van der Waals surface area (Å²) >= 11 is 5.92. The monoisotopic (exact) mass is 426 g/mol. The molecule has 6 nitrogen and oxygen atoms in total. The minimum absolute atomic E-state index is 0.00309. The number of likely N-dealkylation sites (tertiary alicyclic amines) is 1. The molecule has 1 saturated carbocycles. The third kappa shape index (κ3) is 5.01. The molecule has 1 aliphatic heterocycles. The average molecular weight is 427 g/mol. The van der Waals surface area contributed by atoms with Gasteiger partial charge in [0.2, 0.25) is 5.91 Å². The number of fused-ring (bicyclic) bond motifs is 1. The van der Waals surface area contributed by atoms with Crippen LogP contribution in [0, 0.1) is 11.7 Å². The van der Waals surface area contributed by atoms with Crippen molar-refractivity contribution in [3.05, 3.63) is 34.6 Å². The standard InChI is InChI=1S/C21H28ClFN2O4/c1-21(2,3)29-20(27)25-16-10-12(16)11-17(25)19(26)24-15(8-9-28-4)13-6-5-7-14(22)18(13)23/h5-7,12,15-17H,8-11H2,1-4H3,(H,24,26)/t12-,15-,16-,17+/m1/s1. The molecule has 0 radical (unpaired) electrons. The lowest BCUT2D eigenvalue weighted by molar-refractivity contribution is -0.127. The van der Waals surface area contributed by atoms with E-state index in [1.54, 1.807) is 44.9 Å². The first-order valence-electron chi connectivity index (χ1n) is 9.87. The normalized spacial score (nSPS) is 24.1. The maximum atomic E-state index is 14.6. The molecule has 1 heterocycles. The molecule has 2 amide bonds. The maximum Gasteiger partial charge on any atom is 0.411 e. The first-order valence-corrected chi connectivity index (χ1v) is 10.2. The number of rotatable bonds is 6. The Morgan fingerprint density at radius 3 is 2.72 bits per heavy atom. The van der Waals surface area contributed by atoms with Gasteiger partial charge in [-0.3, -0.25) is 9.69 Å². The second kappa shape index (κ2) is 8.48. The SMILES string of the molecule is COCC[C@@H](NC(=O)[C@@H]1C[C@H]2C[C@H]2N1C(=O)OC(C)(C)C)c1cccc(Cl)c1F. The number of carbonyl (C=O) groups excluding carboxylic acids is 2. The van der Waals surface area contributed by atoms with Crippen LogP contribution in [0.5, 0.6) is 0 Å². The fourth-order valence-electron chi connectivity index (χ4n) is 3.87. The molecule has 1 aromatic rings. The molecule has 1 aromatic carbocycles. The van der Waals surface area contributed by atoms with Crippen molar-refractivity contribution < 1.29 is 23.5 Å². The number of amides is 2. The molecule has 0 aromatic heterocycles. The summed E-state index contributed by atoms with van der Waals surface area (Å²) in [4.78, 5) is 27.3. The Morgan fingerprint density at radius 1 is 1.34 bits per heavy atom. The predicted octanol–water partition coefficient (Wildman–Crippen LogP) is 4.07. The molecular formula is C21H28ClFN2O4. The van der Waals surface area contributed by atoms with Gasteiger partial charge in [-0.25, -0.2) is 9.18 Å². The van der Waals surface area contributed by atoms with Gasteiger partial charge in [-0.15, -0.1) is 0 Å². The number of nitrogens with zero attached hydrogens (tertiary/aromatic N) is 1. The Labute approximate surface area is 175 Å². The fourth-order valence-corrected chi connectivity index (χ4v) is 4.05. The number of halogens is 2. The van der Waals surface area contributed by atoms with E-state index < -0.39 is 29.6 Å². The summed E-state index contributed by atoms with van der Waals surface area (Å²) in [7, 11) is 1.54. The van der Waals surface area contributed by atoms with Gasteiger partial charge in [0.15, 0.2) is 0 Å². The summed E-state index contributed by atoms with van der Waals surface area (Å²) < 4.78 is 25.2. The maximum absolute atomic E-state index is 14.6. The van der Waals surface area contributed by atoms with Gasteiger partial charge in [-0.1, -0.05) is 23.7 Å². The van der Waals surface area contributed by atoms with Crippen molar-refractivity contribution in [2.45, 2.75) is 63.8 Å². The lowest BCUT2D eigenvalue weighted by atomic mass is 10.0. The van der Waals surface area contributed by atoms with E-state index in [0.29, 0.717) is 30.9 Å². The van der Waals surface area contributed by atoms with E-state index in [2.05, 4.69) is 5.32 Å². The van der Waals surface area contributed by atoms with Crippen molar-refractivity contribution in [2.75, 3.05) is 13.7 Å². The number of carbonyl (C=O) groups is 2. The van der Waals surface area contributed by atoms with Gasteiger partial charge in [-0.2, -0.15) is 0 Å². The molecule has 0 bridgehead atoms. The van der Waals surface area contributed by atoms with Gasteiger partial charge in [0.05, 0.1) is 11.1 Å². The van der Waals surface area contributed by atoms with Crippen molar-refractivity contribution in [3.63, 3.8) is 0 Å². The predicted molar refractivity (Wildman–Crippen MR) is 107 cm³/mol. The van der Waals surface area contributed by atoms with Crippen molar-refractivity contribution >= 4 is 23.6 Å². The lowest BCUT2D eigenvalue weighted by Crippen LogP contribution is -2.50. The summed E-state index contributed by atoms with van der Waals surface area (Å²) in [6.07, 6.45) is 1.38. The summed E-state index contributed by atoms with van der Waals surface area (Å²) in [5.41, 5.74) is -0.342. The quantitative estimate of drug-likeness (QED) is 0.744. The molecule has 0 spiro atoms. The third-order valence-electron chi connectivity index (χ3n) is 5.30. The summed E-state index contributed by atoms with van der Waals surface area (Å²) in [6, 6.07) is 3.51. The second-order valence-electron chi connectivity index (χ2n) is 8.69. The van der Waals surface area contributed by atoms with Crippen LogP contribution in [0.2, 0.25) is 5.02 Å². The zero-order valence-electron chi connectivity index (χ0n) is 17.2. The van der Waals surface area contributed by atoms with Gasteiger partial charge in [0.25, 0.3) is 0 Å². The molecule has 8 heteroatoms. The van der Waals surface area contributed by atoms with Crippen molar-refractivity contribution in [1.82, 2.24) is 10.2 Å². The average Bonchev–Trinajstić information content (AvgIpc) is 3.28. The number of piperidine rings is 1. The number of hydrogen-bond acceptors (Lipinski definition) is 4. The molecule has 29 heavy (non-hydrogen) atoms. The molecule has 2 fully saturated rings. The van der Waals surface area contributed by atoms with E-state index in [1.807, 2.05) is 0 Å². The van der Waals surface area contributed by atoms with Crippen LogP contribution >= 0.6 is 11.6 Å². The Balaban J connectivity index is 1.76. The van der Waals surface area contributed by atoms with Crippen molar-refractivity contribution in [3.8, 4) is 0 Å². The highest BCUT2D eigenvalue weighted by Gasteiger charge is 2.57. The molecule has 4 atom stereocenters. The Kier molecular flexibility index (Phi) is 6.39. The third-order valence-corrected chi connectivity index (χ3v) is 5.59. The number of methoxy groups -OCH3 is 1. The van der Waals surface area contributed by atoms with Gasteiger partial charge in [0, 0.05) is 25.3 Å². The first-order chi connectivity index (χ1) is 13.6. The molecule has 1 N–H and O–H groups in total. The number of ether oxygens (including phenoxy) is 2. The molecule has 3 rings (SSSR count). The number of benzene rings is 1. The number of hydrogen-bond donors (Lipinski definition) is 1. The van der Waals surface area contributed by atoms with Crippen LogP contribution in [0.4, 0.5) is 9.18 Å². The van der Waals surface area contributed by atoms with Gasteiger partial charge < -0.3 is 14.8 Å². The van der Waals surface area contributed by atoms with Crippen LogP contribution in [0.1, 0.15) is 51.6 Å². The Bertz CT molecular complexity index is 782. The van der Waals surface area contributed by atoms with E-state index in [1.165, 1.54) is 6.07 Å². The van der Waals surface area contributed by atoms with E-state index in [9.17, 15) is 14.0 Å². The van der Waals surface area contributed by atoms with Gasteiger partial charge >= 0.3 is 6.09 Å². The van der Waals surface area contributed by atoms with Crippen LogP contribution in [0.3, 0.4) is 0 Å². The second-order valence-corrected chi connectivity index (χ2v) is 9.10. The molecule has 0 unspecified atom stereocenters. The van der Waals surface area contributed by atoms with Crippen LogP contribution in [-0.4, -0.2) is 48.3 Å². The highest BCUT2D eigenvalue weighted by Crippen LogP contribution is 2.48. The number of nitrogens with one attached hydrogen (secondary N) is 1. The van der Waals surface area contributed by atoms with Crippen LogP contribution in [0.15, 0.2) is 18.2 Å². The first kappa shape index (κ1) is 21.8. The largest absolute Gasteiger partial charge is 0.444 e. The van der Waals surface area contributed by atoms with Crippen LogP contribution < -0.4 is 5.32 Å². The minimum atomic E-state index is -0.643. The van der Waals surface area contributed by atoms with Gasteiger partial charge in [-0.05, 0) is 52.0 Å². The van der Waals surface area contributed by atoms with E-state index in [-0.39, 0.29) is 17.0 Å². The smallest absolute Gasteiger partial charge is 0.411 e. The summed E-state index contributed by atoms with van der Waals surface area (Å²) in [6.45, 7) is 5.72. The summed E-state index contributed by atoms with van der Waals surface area (Å²) in [5.74, 6) is -0.559.